The van der Waals surface area contributed by atoms with Crippen LogP contribution in [0.4, 0.5) is 5.69 Å². The Hall–Kier alpha value is -2.82. The van der Waals surface area contributed by atoms with Crippen LogP contribution in [0.3, 0.4) is 0 Å². The number of carbonyl (C=O) groups excluding carboxylic acids is 1. The van der Waals surface area contributed by atoms with E-state index >= 15 is 0 Å². The number of pyridine rings is 1. The number of nitrogens with two attached hydrogens (primary N) is 1. The van der Waals surface area contributed by atoms with E-state index in [1.165, 1.54) is 0 Å². The monoisotopic (exact) mass is 280 g/mol. The predicted octanol–water partition coefficient (Wildman–Crippen LogP) is 2.64. The van der Waals surface area contributed by atoms with E-state index in [0.717, 1.165) is 16.5 Å². The van der Waals surface area contributed by atoms with Crippen LogP contribution in [-0.2, 0) is 0 Å². The van der Waals surface area contributed by atoms with Crippen LogP contribution < -0.4 is 11.1 Å². The summed E-state index contributed by atoms with van der Waals surface area (Å²) >= 11 is 0. The first kappa shape index (κ1) is 13.2. The van der Waals surface area contributed by atoms with Gasteiger partial charge in [0.15, 0.2) is 0 Å². The molecule has 0 saturated heterocycles. The van der Waals surface area contributed by atoms with Crippen LogP contribution in [0.2, 0.25) is 0 Å². The van der Waals surface area contributed by atoms with E-state index in [4.69, 9.17) is 5.73 Å². The number of nitrogens with zero attached hydrogens (tertiary/aromatic N) is 1. The van der Waals surface area contributed by atoms with Gasteiger partial charge >= 0.3 is 0 Å². The van der Waals surface area contributed by atoms with Crippen LogP contribution in [0.25, 0.3) is 10.9 Å². The summed E-state index contributed by atoms with van der Waals surface area (Å²) < 4.78 is 0. The summed E-state index contributed by atoms with van der Waals surface area (Å²) in [5, 5.41) is 3.85. The third kappa shape index (κ3) is 2.58. The van der Waals surface area contributed by atoms with Crippen molar-refractivity contribution < 1.29 is 4.79 Å². The van der Waals surface area contributed by atoms with Crippen molar-refractivity contribution in [2.24, 2.45) is 0 Å². The van der Waals surface area contributed by atoms with Crippen LogP contribution >= 0.6 is 0 Å². The summed E-state index contributed by atoms with van der Waals surface area (Å²) in [5.74, 6) is -0.115. The number of amides is 1. The van der Waals surface area contributed by atoms with Crippen molar-refractivity contribution in [1.29, 1.82) is 0 Å². The van der Waals surface area contributed by atoms with Crippen molar-refractivity contribution in [1.82, 2.24) is 15.3 Å². The third-order valence-electron chi connectivity index (χ3n) is 3.50. The predicted molar refractivity (Wildman–Crippen MR) is 82.8 cm³/mol. The summed E-state index contributed by atoms with van der Waals surface area (Å²) in [4.78, 5) is 19.5. The standard InChI is InChI=1S/C16H16N4O/c1-10(11-4-6-18-7-5-11)20-16(21)14-9-19-15-8-12(17)2-3-13(14)15/h2-10,19H,17H2,1H3,(H,20,21). The fourth-order valence-corrected chi connectivity index (χ4v) is 2.34. The molecule has 2 aromatic heterocycles. The largest absolute Gasteiger partial charge is 0.399 e. The van der Waals surface area contributed by atoms with E-state index < -0.39 is 0 Å². The number of benzene rings is 1. The fraction of sp³-hybridized carbons (Fsp3) is 0.125. The van der Waals surface area contributed by atoms with Gasteiger partial charge < -0.3 is 16.0 Å². The van der Waals surface area contributed by atoms with Crippen molar-refractivity contribution in [2.45, 2.75) is 13.0 Å². The van der Waals surface area contributed by atoms with Gasteiger partial charge in [0.05, 0.1) is 11.6 Å². The lowest BCUT2D eigenvalue weighted by Gasteiger charge is -2.13. The molecule has 0 radical (unpaired) electrons. The molecule has 1 unspecified atom stereocenters. The molecule has 1 atom stereocenters. The van der Waals surface area contributed by atoms with Crippen LogP contribution in [-0.4, -0.2) is 15.9 Å². The fourth-order valence-electron chi connectivity index (χ4n) is 2.34. The van der Waals surface area contributed by atoms with Crippen molar-refractivity contribution >= 4 is 22.5 Å². The lowest BCUT2D eigenvalue weighted by Crippen LogP contribution is -2.26. The van der Waals surface area contributed by atoms with Crippen LogP contribution in [0.1, 0.15) is 28.9 Å². The number of rotatable bonds is 3. The molecule has 3 rings (SSSR count). The van der Waals surface area contributed by atoms with Gasteiger partial charge in [-0.1, -0.05) is 0 Å². The van der Waals surface area contributed by atoms with Gasteiger partial charge in [0, 0.05) is 35.2 Å². The number of fused-ring (bicyclic) bond motifs is 1. The van der Waals surface area contributed by atoms with Crippen molar-refractivity contribution in [3.05, 3.63) is 60.0 Å². The van der Waals surface area contributed by atoms with E-state index in [1.807, 2.05) is 31.2 Å². The molecule has 0 aliphatic rings. The molecule has 106 valence electrons. The quantitative estimate of drug-likeness (QED) is 0.645. The van der Waals surface area contributed by atoms with Gasteiger partial charge in [0.25, 0.3) is 5.91 Å². The lowest BCUT2D eigenvalue weighted by atomic mass is 10.1. The van der Waals surface area contributed by atoms with Crippen molar-refractivity contribution in [3.63, 3.8) is 0 Å². The first-order valence-corrected chi connectivity index (χ1v) is 6.72. The maximum Gasteiger partial charge on any atom is 0.253 e. The minimum atomic E-state index is -0.115. The number of nitrogens with one attached hydrogen (secondary N) is 2. The SMILES string of the molecule is CC(NC(=O)c1c[nH]c2cc(N)ccc12)c1ccncc1. The summed E-state index contributed by atoms with van der Waals surface area (Å²) in [6.45, 7) is 1.94. The maximum atomic E-state index is 12.4. The molecule has 4 N–H and O–H groups in total. The molecule has 0 aliphatic carbocycles. The highest BCUT2D eigenvalue weighted by atomic mass is 16.1. The first-order valence-electron chi connectivity index (χ1n) is 6.72. The van der Waals surface area contributed by atoms with Gasteiger partial charge in [-0.05, 0) is 42.8 Å². The van der Waals surface area contributed by atoms with Gasteiger partial charge in [-0.15, -0.1) is 0 Å². The number of nitrogen functional groups attached to an aromatic ring is 1. The van der Waals surface area contributed by atoms with Crippen LogP contribution in [0.5, 0.6) is 0 Å². The van der Waals surface area contributed by atoms with Crippen LogP contribution in [0.15, 0.2) is 48.9 Å². The molecule has 1 aromatic carbocycles. The molecule has 0 aliphatic heterocycles. The number of aromatic amines is 1. The highest BCUT2D eigenvalue weighted by Gasteiger charge is 2.15. The second-order valence-electron chi connectivity index (χ2n) is 4.98. The van der Waals surface area contributed by atoms with E-state index in [0.29, 0.717) is 11.3 Å². The Morgan fingerprint density at radius 1 is 1.29 bits per heavy atom. The molecule has 21 heavy (non-hydrogen) atoms. The lowest BCUT2D eigenvalue weighted by molar-refractivity contribution is 0.0941. The molecular weight excluding hydrogens is 264 g/mol. The molecule has 3 aromatic rings. The second kappa shape index (κ2) is 5.28. The molecule has 5 nitrogen and oxygen atoms in total. The number of H-pyrrole nitrogens is 1. The molecule has 0 spiro atoms. The topological polar surface area (TPSA) is 83.8 Å². The normalized spacial score (nSPS) is 12.2. The Bertz CT molecular complexity index is 779. The maximum absolute atomic E-state index is 12.4. The number of hydrogen-bond acceptors (Lipinski definition) is 3. The van der Waals surface area contributed by atoms with Gasteiger partial charge in [-0.25, -0.2) is 0 Å². The van der Waals surface area contributed by atoms with Gasteiger partial charge in [-0.3, -0.25) is 9.78 Å². The van der Waals surface area contributed by atoms with Crippen LogP contribution in [0, 0.1) is 0 Å². The Morgan fingerprint density at radius 3 is 2.81 bits per heavy atom. The smallest absolute Gasteiger partial charge is 0.253 e. The highest BCUT2D eigenvalue weighted by Crippen LogP contribution is 2.21. The third-order valence-corrected chi connectivity index (χ3v) is 3.50. The zero-order valence-electron chi connectivity index (χ0n) is 11.6. The Morgan fingerprint density at radius 2 is 2.05 bits per heavy atom. The van der Waals surface area contributed by atoms with E-state index in [9.17, 15) is 4.79 Å². The first-order chi connectivity index (χ1) is 10.1. The number of anilines is 1. The molecule has 0 fully saturated rings. The highest BCUT2D eigenvalue weighted by molar-refractivity contribution is 6.07. The minimum Gasteiger partial charge on any atom is -0.399 e. The van der Waals surface area contributed by atoms with E-state index in [1.54, 1.807) is 24.7 Å². The number of carbonyl (C=O) groups is 1. The Labute approximate surface area is 122 Å². The van der Waals surface area contributed by atoms with E-state index in [2.05, 4.69) is 15.3 Å². The average molecular weight is 280 g/mol. The Kier molecular flexibility index (Phi) is 3.31. The molecule has 0 bridgehead atoms. The summed E-state index contributed by atoms with van der Waals surface area (Å²) in [6, 6.07) is 9.16. The Balaban J connectivity index is 1.84. The zero-order chi connectivity index (χ0) is 14.8. The second-order valence-corrected chi connectivity index (χ2v) is 4.98. The molecule has 0 saturated carbocycles. The minimum absolute atomic E-state index is 0.0840. The molecule has 2 heterocycles. The molecular formula is C16H16N4O. The van der Waals surface area contributed by atoms with E-state index in [-0.39, 0.29) is 11.9 Å². The zero-order valence-corrected chi connectivity index (χ0v) is 11.6. The summed E-state index contributed by atoms with van der Waals surface area (Å²) in [6.07, 6.45) is 5.14. The van der Waals surface area contributed by atoms with Gasteiger partial charge in [-0.2, -0.15) is 0 Å². The number of aromatic nitrogens is 2. The van der Waals surface area contributed by atoms with Gasteiger partial charge in [0.1, 0.15) is 0 Å². The molecule has 5 heteroatoms. The average Bonchev–Trinajstić information content (AvgIpc) is 2.91. The van der Waals surface area contributed by atoms with Crippen molar-refractivity contribution in [2.75, 3.05) is 5.73 Å². The van der Waals surface area contributed by atoms with Gasteiger partial charge in [0.2, 0.25) is 0 Å². The summed E-state index contributed by atoms with van der Waals surface area (Å²) in [5.41, 5.74) is 8.90. The van der Waals surface area contributed by atoms with Crippen molar-refractivity contribution in [3.8, 4) is 0 Å². The molecule has 1 amide bonds. The number of hydrogen-bond donors (Lipinski definition) is 3. The summed E-state index contributed by atoms with van der Waals surface area (Å²) in [7, 11) is 0.